The lowest BCUT2D eigenvalue weighted by Gasteiger charge is -1.97. The van der Waals surface area contributed by atoms with E-state index in [4.69, 9.17) is 5.11 Å². The van der Waals surface area contributed by atoms with Gasteiger partial charge in [0.1, 0.15) is 0 Å². The number of aliphatic hydroxyl groups is 1. The highest BCUT2D eigenvalue weighted by atomic mass is 16.2. The predicted octanol–water partition coefficient (Wildman–Crippen LogP) is 3.33. The molecular formula is C12H12O. The van der Waals surface area contributed by atoms with Gasteiger partial charge in [-0.2, -0.15) is 0 Å². The molecule has 1 N–H and O–H groups in total. The number of hydrogen-bond donors (Lipinski definition) is 1. The maximum Gasteiger partial charge on any atom is 0.0791 e. The summed E-state index contributed by atoms with van der Waals surface area (Å²) in [4.78, 5) is 0. The lowest BCUT2D eigenvalue weighted by molar-refractivity contribution is 0.474. The monoisotopic (exact) mass is 172 g/mol. The molecule has 0 amide bonds. The fourth-order valence-corrected chi connectivity index (χ4v) is 0.970. The van der Waals surface area contributed by atoms with Gasteiger partial charge in [-0.05, 0) is 17.2 Å². The van der Waals surface area contributed by atoms with Crippen molar-refractivity contribution in [1.82, 2.24) is 0 Å². The Morgan fingerprint density at radius 1 is 1.15 bits per heavy atom. The fraction of sp³-hybridized carbons (Fsp3) is 0. The lowest BCUT2D eigenvalue weighted by atomic mass is 10.1. The number of rotatable bonds is 3. The number of allylic oxidation sites excluding steroid dienone is 4. The lowest BCUT2D eigenvalue weighted by Crippen LogP contribution is -1.75. The van der Waals surface area contributed by atoms with Crippen LogP contribution >= 0.6 is 0 Å². The maximum atomic E-state index is 8.39. The Hall–Kier alpha value is -1.76. The average Bonchev–Trinajstić information content (AvgIpc) is 2.19. The molecule has 0 saturated carbocycles. The summed E-state index contributed by atoms with van der Waals surface area (Å²) in [5.41, 5.74) is 2.02. The van der Waals surface area contributed by atoms with Crippen molar-refractivity contribution in [1.29, 1.82) is 0 Å². The van der Waals surface area contributed by atoms with Gasteiger partial charge in [-0.15, -0.1) is 0 Å². The minimum atomic E-state index is 0.929. The van der Waals surface area contributed by atoms with Gasteiger partial charge < -0.3 is 5.11 Å². The molecule has 0 saturated heterocycles. The van der Waals surface area contributed by atoms with Crippen molar-refractivity contribution in [2.75, 3.05) is 0 Å². The molecule has 0 aliphatic carbocycles. The van der Waals surface area contributed by atoms with Crippen molar-refractivity contribution >= 4 is 5.57 Å². The summed E-state index contributed by atoms with van der Waals surface area (Å²) in [7, 11) is 0. The third-order valence-electron chi connectivity index (χ3n) is 1.64. The summed E-state index contributed by atoms with van der Waals surface area (Å²) in [6, 6.07) is 9.89. The van der Waals surface area contributed by atoms with Crippen LogP contribution in [0.4, 0.5) is 0 Å². The molecule has 0 aliphatic heterocycles. The Labute approximate surface area is 78.3 Å². The molecule has 1 aromatic rings. The smallest absolute Gasteiger partial charge is 0.0791 e. The summed E-state index contributed by atoms with van der Waals surface area (Å²) < 4.78 is 0. The molecule has 1 aromatic carbocycles. The van der Waals surface area contributed by atoms with Crippen molar-refractivity contribution in [3.63, 3.8) is 0 Å². The van der Waals surface area contributed by atoms with Crippen molar-refractivity contribution in [2.24, 2.45) is 0 Å². The molecule has 0 fully saturated rings. The molecule has 0 unspecified atom stereocenters. The molecule has 13 heavy (non-hydrogen) atoms. The van der Waals surface area contributed by atoms with E-state index in [1.807, 2.05) is 36.4 Å². The van der Waals surface area contributed by atoms with Crippen LogP contribution < -0.4 is 0 Å². The van der Waals surface area contributed by atoms with Gasteiger partial charge in [0.05, 0.1) is 6.26 Å². The minimum absolute atomic E-state index is 0.929. The van der Waals surface area contributed by atoms with E-state index in [-0.39, 0.29) is 0 Å². The standard InChI is InChI=1S/C12H12O/c1-11(7-5-6-10-13)12-8-3-2-4-9-12/h2-10,13H,1H2/b7-5+,10-6+. The van der Waals surface area contributed by atoms with Gasteiger partial charge in [0.15, 0.2) is 0 Å². The molecule has 0 spiro atoms. The van der Waals surface area contributed by atoms with Gasteiger partial charge in [0, 0.05) is 0 Å². The van der Waals surface area contributed by atoms with Crippen LogP contribution in [0, 0.1) is 0 Å². The van der Waals surface area contributed by atoms with Crippen molar-refractivity contribution in [3.8, 4) is 0 Å². The SMILES string of the molecule is C=C(/C=C/C=C/O)c1ccccc1. The first-order valence-corrected chi connectivity index (χ1v) is 4.06. The first-order valence-electron chi connectivity index (χ1n) is 4.06. The van der Waals surface area contributed by atoms with Gasteiger partial charge in [0.2, 0.25) is 0 Å². The van der Waals surface area contributed by atoms with Gasteiger partial charge in [0.25, 0.3) is 0 Å². The molecule has 0 bridgehead atoms. The second-order valence-electron chi connectivity index (χ2n) is 2.59. The van der Waals surface area contributed by atoms with E-state index in [9.17, 15) is 0 Å². The van der Waals surface area contributed by atoms with E-state index in [1.54, 1.807) is 12.2 Å². The number of hydrogen-bond acceptors (Lipinski definition) is 1. The zero-order chi connectivity index (χ0) is 9.52. The Morgan fingerprint density at radius 2 is 1.85 bits per heavy atom. The molecular weight excluding hydrogens is 160 g/mol. The minimum Gasteiger partial charge on any atom is -0.516 e. The molecule has 1 rings (SSSR count). The van der Waals surface area contributed by atoms with Gasteiger partial charge in [-0.3, -0.25) is 0 Å². The predicted molar refractivity (Wildman–Crippen MR) is 56.4 cm³/mol. The molecule has 0 radical (unpaired) electrons. The molecule has 1 heteroatoms. The third-order valence-corrected chi connectivity index (χ3v) is 1.64. The topological polar surface area (TPSA) is 20.2 Å². The van der Waals surface area contributed by atoms with Crippen molar-refractivity contribution in [2.45, 2.75) is 0 Å². The molecule has 0 atom stereocenters. The van der Waals surface area contributed by atoms with E-state index in [0.717, 1.165) is 17.4 Å². The highest BCUT2D eigenvalue weighted by Crippen LogP contribution is 2.12. The van der Waals surface area contributed by atoms with E-state index in [1.165, 1.54) is 0 Å². The van der Waals surface area contributed by atoms with Crippen LogP contribution in [0.25, 0.3) is 5.57 Å². The van der Waals surface area contributed by atoms with Gasteiger partial charge >= 0.3 is 0 Å². The van der Waals surface area contributed by atoms with E-state index < -0.39 is 0 Å². The highest BCUT2D eigenvalue weighted by Gasteiger charge is 1.90. The van der Waals surface area contributed by atoms with Crippen LogP contribution in [0.3, 0.4) is 0 Å². The maximum absolute atomic E-state index is 8.39. The molecule has 66 valence electrons. The van der Waals surface area contributed by atoms with Crippen LogP contribution in [-0.4, -0.2) is 5.11 Å². The van der Waals surface area contributed by atoms with Gasteiger partial charge in [-0.25, -0.2) is 0 Å². The average molecular weight is 172 g/mol. The van der Waals surface area contributed by atoms with Crippen LogP contribution in [0.5, 0.6) is 0 Å². The van der Waals surface area contributed by atoms with E-state index in [2.05, 4.69) is 6.58 Å². The largest absolute Gasteiger partial charge is 0.516 e. The quantitative estimate of drug-likeness (QED) is 0.547. The van der Waals surface area contributed by atoms with Crippen molar-refractivity contribution < 1.29 is 5.11 Å². The number of benzene rings is 1. The summed E-state index contributed by atoms with van der Waals surface area (Å²) in [5.74, 6) is 0. The summed E-state index contributed by atoms with van der Waals surface area (Å²) in [6.07, 6.45) is 6.14. The zero-order valence-electron chi connectivity index (χ0n) is 7.35. The number of aliphatic hydroxyl groups excluding tert-OH is 1. The van der Waals surface area contributed by atoms with Crippen LogP contribution in [0.15, 0.2) is 61.4 Å². The zero-order valence-corrected chi connectivity index (χ0v) is 7.35. The Bertz CT molecular complexity index is 320. The van der Waals surface area contributed by atoms with Crippen LogP contribution in [-0.2, 0) is 0 Å². The summed E-state index contributed by atoms with van der Waals surface area (Å²) >= 11 is 0. The Kier molecular flexibility index (Phi) is 3.58. The fourth-order valence-electron chi connectivity index (χ4n) is 0.970. The first-order chi connectivity index (χ1) is 6.34. The van der Waals surface area contributed by atoms with Crippen molar-refractivity contribution in [3.05, 3.63) is 67.0 Å². The Morgan fingerprint density at radius 3 is 2.46 bits per heavy atom. The second kappa shape index (κ2) is 4.99. The Balaban J connectivity index is 2.70. The van der Waals surface area contributed by atoms with Gasteiger partial charge in [-0.1, -0.05) is 49.1 Å². The second-order valence-corrected chi connectivity index (χ2v) is 2.59. The molecule has 0 heterocycles. The van der Waals surface area contributed by atoms with Crippen LogP contribution in [0.1, 0.15) is 5.56 Å². The molecule has 1 nitrogen and oxygen atoms in total. The first kappa shape index (κ1) is 9.33. The normalized spacial score (nSPS) is 11.1. The highest BCUT2D eigenvalue weighted by molar-refractivity contribution is 5.71. The van der Waals surface area contributed by atoms with E-state index >= 15 is 0 Å². The third kappa shape index (κ3) is 2.99. The summed E-state index contributed by atoms with van der Waals surface area (Å²) in [6.45, 7) is 3.89. The summed E-state index contributed by atoms with van der Waals surface area (Å²) in [5, 5.41) is 8.39. The molecule has 0 aliphatic rings. The van der Waals surface area contributed by atoms with Crippen LogP contribution in [0.2, 0.25) is 0 Å². The van der Waals surface area contributed by atoms with E-state index in [0.29, 0.717) is 0 Å². The molecule has 0 aromatic heterocycles.